The van der Waals surface area contributed by atoms with Gasteiger partial charge < -0.3 is 15.1 Å². The molecule has 0 amide bonds. The minimum absolute atomic E-state index is 0.0873. The maximum absolute atomic E-state index is 12.9. The molecule has 0 saturated carbocycles. The molecule has 0 radical (unpaired) electrons. The van der Waals surface area contributed by atoms with E-state index in [-0.39, 0.29) is 11.7 Å². The van der Waals surface area contributed by atoms with Gasteiger partial charge in [-0.2, -0.15) is 0 Å². The smallest absolute Gasteiger partial charge is 0.178 e. The third kappa shape index (κ3) is 4.19. The lowest BCUT2D eigenvalue weighted by Gasteiger charge is -2.33. The lowest BCUT2D eigenvalue weighted by Crippen LogP contribution is -2.35. The average Bonchev–Trinajstić information content (AvgIpc) is 2.74. The molecule has 2 aliphatic rings. The summed E-state index contributed by atoms with van der Waals surface area (Å²) in [4.78, 5) is 15.4. The highest BCUT2D eigenvalue weighted by atomic mass is 16.5. The summed E-state index contributed by atoms with van der Waals surface area (Å²) < 4.78 is 0. The van der Waals surface area contributed by atoms with E-state index in [0.29, 0.717) is 11.5 Å². The van der Waals surface area contributed by atoms with Crippen molar-refractivity contribution in [2.75, 3.05) is 19.6 Å². The number of hydrogen-bond acceptors (Lipinski definition) is 4. The van der Waals surface area contributed by atoms with Gasteiger partial charge in [0.05, 0.1) is 0 Å². The fourth-order valence-electron chi connectivity index (χ4n) is 4.73. The van der Waals surface area contributed by atoms with Gasteiger partial charge >= 0.3 is 0 Å². The first kappa shape index (κ1) is 19.3. The molecular formula is C24H29NO3. The Morgan fingerprint density at radius 2 is 1.75 bits per heavy atom. The highest BCUT2D eigenvalue weighted by Gasteiger charge is 2.29. The molecule has 1 aliphatic carbocycles. The second-order valence-electron chi connectivity index (χ2n) is 8.21. The zero-order chi connectivity index (χ0) is 19.5. The number of Topliss-reactive ketones (excluding diaryl/α,β-unsaturated/α-hetero) is 1. The van der Waals surface area contributed by atoms with Crippen molar-refractivity contribution in [3.63, 3.8) is 0 Å². The van der Waals surface area contributed by atoms with Gasteiger partial charge in [-0.1, -0.05) is 48.5 Å². The van der Waals surface area contributed by atoms with Crippen molar-refractivity contribution in [3.8, 4) is 0 Å². The first-order valence-electron chi connectivity index (χ1n) is 10.4. The number of nitrogens with zero attached hydrogens (tertiary/aromatic N) is 1. The fraction of sp³-hybridized carbons (Fsp3) is 0.458. The standard InChI is InChI=1S/C24H29NO3/c26-23-19(6-7-20-16-21(24(27)28)8-9-22(20)23)12-15-25-13-10-18(11-14-25)17-4-2-1-3-5-17/h1-5,8-9,16,18-19,24,27-28H,6-7,10-15H2. The van der Waals surface area contributed by atoms with Crippen molar-refractivity contribution in [1.29, 1.82) is 0 Å². The number of aryl methyl sites for hydroxylation is 1. The summed E-state index contributed by atoms with van der Waals surface area (Å²) in [5, 5.41) is 18.7. The van der Waals surface area contributed by atoms with E-state index in [2.05, 4.69) is 35.2 Å². The fourth-order valence-corrected chi connectivity index (χ4v) is 4.73. The minimum atomic E-state index is -1.48. The van der Waals surface area contributed by atoms with Crippen molar-refractivity contribution >= 4 is 5.78 Å². The summed E-state index contributed by atoms with van der Waals surface area (Å²) in [6.45, 7) is 3.20. The van der Waals surface area contributed by atoms with E-state index in [9.17, 15) is 15.0 Å². The molecule has 4 rings (SSSR count). The zero-order valence-electron chi connectivity index (χ0n) is 16.3. The number of likely N-dealkylation sites (tertiary alicyclic amines) is 1. The maximum Gasteiger partial charge on any atom is 0.178 e. The van der Waals surface area contributed by atoms with Crippen LogP contribution in [0.2, 0.25) is 0 Å². The molecule has 1 fully saturated rings. The van der Waals surface area contributed by atoms with Crippen LogP contribution in [0.3, 0.4) is 0 Å². The molecule has 0 bridgehead atoms. The second kappa shape index (κ2) is 8.56. The SMILES string of the molecule is O=C1c2ccc(C(O)O)cc2CCC1CCN1CCC(c2ccccc2)CC1. The van der Waals surface area contributed by atoms with Gasteiger partial charge in [-0.25, -0.2) is 0 Å². The third-order valence-corrected chi connectivity index (χ3v) is 6.48. The van der Waals surface area contributed by atoms with Crippen LogP contribution in [0.25, 0.3) is 0 Å². The Bertz CT molecular complexity index is 810. The van der Waals surface area contributed by atoms with Crippen LogP contribution in [0.5, 0.6) is 0 Å². The Morgan fingerprint density at radius 3 is 2.46 bits per heavy atom. The van der Waals surface area contributed by atoms with E-state index in [0.717, 1.165) is 50.0 Å². The molecule has 28 heavy (non-hydrogen) atoms. The van der Waals surface area contributed by atoms with Crippen molar-refractivity contribution in [1.82, 2.24) is 4.90 Å². The normalized spacial score (nSPS) is 21.1. The lowest BCUT2D eigenvalue weighted by atomic mass is 9.80. The number of ketones is 1. The largest absolute Gasteiger partial charge is 0.364 e. The maximum atomic E-state index is 12.9. The van der Waals surface area contributed by atoms with Gasteiger partial charge in [0.15, 0.2) is 12.1 Å². The summed E-state index contributed by atoms with van der Waals surface area (Å²) in [6, 6.07) is 16.0. The van der Waals surface area contributed by atoms with E-state index < -0.39 is 6.29 Å². The van der Waals surface area contributed by atoms with E-state index >= 15 is 0 Å². The number of piperidine rings is 1. The molecule has 2 aromatic rings. The molecule has 1 heterocycles. The van der Waals surface area contributed by atoms with Crippen molar-refractivity contribution in [3.05, 3.63) is 70.8 Å². The van der Waals surface area contributed by atoms with Crippen LogP contribution in [0, 0.1) is 5.92 Å². The van der Waals surface area contributed by atoms with Crippen LogP contribution in [-0.4, -0.2) is 40.5 Å². The summed E-state index contributed by atoms with van der Waals surface area (Å²) in [5.74, 6) is 0.973. The zero-order valence-corrected chi connectivity index (χ0v) is 16.3. The Hall–Kier alpha value is -2.01. The molecule has 1 atom stereocenters. The van der Waals surface area contributed by atoms with Crippen LogP contribution >= 0.6 is 0 Å². The van der Waals surface area contributed by atoms with Crippen LogP contribution in [0.1, 0.15) is 64.9 Å². The first-order chi connectivity index (χ1) is 13.6. The molecule has 1 aliphatic heterocycles. The molecule has 2 N–H and O–H groups in total. The average molecular weight is 380 g/mol. The van der Waals surface area contributed by atoms with Gasteiger partial charge in [0.2, 0.25) is 0 Å². The van der Waals surface area contributed by atoms with E-state index in [1.165, 1.54) is 18.4 Å². The van der Waals surface area contributed by atoms with Gasteiger partial charge in [0.1, 0.15) is 0 Å². The summed E-state index contributed by atoms with van der Waals surface area (Å²) in [5.41, 5.74) is 3.64. The highest BCUT2D eigenvalue weighted by molar-refractivity contribution is 6.00. The molecule has 0 aromatic heterocycles. The highest BCUT2D eigenvalue weighted by Crippen LogP contribution is 2.31. The predicted octanol–water partition coefficient (Wildman–Crippen LogP) is 3.68. The quantitative estimate of drug-likeness (QED) is 0.778. The number of fused-ring (bicyclic) bond motifs is 1. The molecule has 4 nitrogen and oxygen atoms in total. The Balaban J connectivity index is 1.30. The summed E-state index contributed by atoms with van der Waals surface area (Å²) in [6.07, 6.45) is 3.52. The number of benzene rings is 2. The van der Waals surface area contributed by atoms with Gasteiger partial charge in [-0.05, 0) is 68.8 Å². The predicted molar refractivity (Wildman–Crippen MR) is 109 cm³/mol. The van der Waals surface area contributed by atoms with Gasteiger partial charge in [0.25, 0.3) is 0 Å². The van der Waals surface area contributed by atoms with E-state index in [1.54, 1.807) is 18.2 Å². The Labute approximate surface area is 166 Å². The van der Waals surface area contributed by atoms with Crippen molar-refractivity contribution in [2.24, 2.45) is 5.92 Å². The van der Waals surface area contributed by atoms with Gasteiger partial charge in [-0.15, -0.1) is 0 Å². The number of carbonyl (C=O) groups is 1. The van der Waals surface area contributed by atoms with Crippen LogP contribution < -0.4 is 0 Å². The molecule has 2 aromatic carbocycles. The van der Waals surface area contributed by atoms with Crippen molar-refractivity contribution < 1.29 is 15.0 Å². The molecule has 4 heteroatoms. The molecule has 0 spiro atoms. The van der Waals surface area contributed by atoms with Gasteiger partial charge in [0, 0.05) is 17.0 Å². The van der Waals surface area contributed by atoms with Gasteiger partial charge in [-0.3, -0.25) is 4.79 Å². The number of aliphatic hydroxyl groups is 2. The summed E-state index contributed by atoms with van der Waals surface area (Å²) in [7, 11) is 0. The minimum Gasteiger partial charge on any atom is -0.364 e. The Morgan fingerprint density at radius 1 is 1.00 bits per heavy atom. The van der Waals surface area contributed by atoms with Crippen molar-refractivity contribution in [2.45, 2.75) is 44.3 Å². The first-order valence-corrected chi connectivity index (χ1v) is 10.4. The Kier molecular flexibility index (Phi) is 5.90. The second-order valence-corrected chi connectivity index (χ2v) is 8.21. The molecule has 148 valence electrons. The van der Waals surface area contributed by atoms with Crippen LogP contribution in [0.4, 0.5) is 0 Å². The number of carbonyl (C=O) groups excluding carboxylic acids is 1. The number of aliphatic hydroxyl groups excluding tert-OH is 1. The molecular weight excluding hydrogens is 350 g/mol. The summed E-state index contributed by atoms with van der Waals surface area (Å²) >= 11 is 0. The van der Waals surface area contributed by atoms with E-state index in [4.69, 9.17) is 0 Å². The lowest BCUT2D eigenvalue weighted by molar-refractivity contribution is -0.0425. The number of hydrogen-bond donors (Lipinski definition) is 2. The molecule has 1 saturated heterocycles. The molecule has 1 unspecified atom stereocenters. The van der Waals surface area contributed by atoms with Crippen LogP contribution in [0.15, 0.2) is 48.5 Å². The third-order valence-electron chi connectivity index (χ3n) is 6.48. The topological polar surface area (TPSA) is 60.8 Å². The number of rotatable bonds is 5. The van der Waals surface area contributed by atoms with Crippen LogP contribution in [-0.2, 0) is 6.42 Å². The monoisotopic (exact) mass is 379 g/mol. The van der Waals surface area contributed by atoms with E-state index in [1.807, 2.05) is 0 Å².